The topological polar surface area (TPSA) is 84.3 Å². The Labute approximate surface area is 116 Å². The summed E-state index contributed by atoms with van der Waals surface area (Å²) in [6.07, 6.45) is 2.57. The summed E-state index contributed by atoms with van der Waals surface area (Å²) in [6.45, 7) is 1.65. The lowest BCUT2D eigenvalue weighted by Gasteiger charge is -2.06. The van der Waals surface area contributed by atoms with E-state index >= 15 is 0 Å². The predicted octanol–water partition coefficient (Wildman–Crippen LogP) is 2.16. The zero-order valence-electron chi connectivity index (χ0n) is 11.0. The minimum atomic E-state index is -3.28. The molecule has 0 atom stereocenters. The third kappa shape index (κ3) is 2.85. The Kier molecular flexibility index (Phi) is 3.59. The number of pyridine rings is 1. The van der Waals surface area contributed by atoms with Crippen LogP contribution in [0.25, 0.3) is 11.1 Å². The van der Waals surface area contributed by atoms with Crippen molar-refractivity contribution < 1.29 is 18.3 Å². The van der Waals surface area contributed by atoms with E-state index in [9.17, 15) is 13.2 Å². The van der Waals surface area contributed by atoms with Crippen LogP contribution in [-0.4, -0.2) is 30.7 Å². The van der Waals surface area contributed by atoms with Crippen LogP contribution in [0.5, 0.6) is 0 Å². The number of benzene rings is 1. The molecule has 0 saturated heterocycles. The summed E-state index contributed by atoms with van der Waals surface area (Å²) in [4.78, 5) is 15.0. The Morgan fingerprint density at radius 1 is 1.20 bits per heavy atom. The SMILES string of the molecule is Cc1cc(-c2cccc(S(C)(=O)=O)c2)cnc1C(=O)O. The number of carboxylic acid groups (broad SMARTS) is 1. The fourth-order valence-corrected chi connectivity index (χ4v) is 2.53. The van der Waals surface area contributed by atoms with Gasteiger partial charge < -0.3 is 5.11 Å². The number of aryl methyl sites for hydroxylation is 1. The summed E-state index contributed by atoms with van der Waals surface area (Å²) in [5.41, 5.74) is 1.88. The second kappa shape index (κ2) is 5.05. The monoisotopic (exact) mass is 291 g/mol. The maximum Gasteiger partial charge on any atom is 0.354 e. The number of hydrogen-bond acceptors (Lipinski definition) is 4. The molecule has 0 radical (unpaired) electrons. The molecule has 2 aromatic rings. The van der Waals surface area contributed by atoms with Crippen LogP contribution in [0.2, 0.25) is 0 Å². The molecule has 5 nitrogen and oxygen atoms in total. The molecular weight excluding hydrogens is 278 g/mol. The van der Waals surface area contributed by atoms with Crippen LogP contribution < -0.4 is 0 Å². The minimum absolute atomic E-state index is 0.00647. The van der Waals surface area contributed by atoms with Crippen LogP contribution in [-0.2, 0) is 9.84 Å². The lowest BCUT2D eigenvalue weighted by molar-refractivity contribution is 0.0689. The van der Waals surface area contributed by atoms with Gasteiger partial charge in [0.15, 0.2) is 15.5 Å². The molecule has 1 aromatic carbocycles. The van der Waals surface area contributed by atoms with E-state index in [1.807, 2.05) is 0 Å². The molecule has 0 amide bonds. The molecule has 1 aromatic heterocycles. The van der Waals surface area contributed by atoms with Crippen molar-refractivity contribution in [1.29, 1.82) is 0 Å². The van der Waals surface area contributed by atoms with E-state index in [4.69, 9.17) is 5.11 Å². The molecule has 0 unspecified atom stereocenters. The molecule has 0 aliphatic rings. The maximum atomic E-state index is 11.5. The van der Waals surface area contributed by atoms with Gasteiger partial charge in [0.1, 0.15) is 0 Å². The average molecular weight is 291 g/mol. The van der Waals surface area contributed by atoms with Gasteiger partial charge in [-0.15, -0.1) is 0 Å². The van der Waals surface area contributed by atoms with Gasteiger partial charge in [-0.25, -0.2) is 18.2 Å². The van der Waals surface area contributed by atoms with Crippen molar-refractivity contribution in [2.24, 2.45) is 0 Å². The van der Waals surface area contributed by atoms with Crippen LogP contribution in [0.1, 0.15) is 16.1 Å². The summed E-state index contributed by atoms with van der Waals surface area (Å²) in [5, 5.41) is 8.94. The van der Waals surface area contributed by atoms with E-state index in [0.717, 1.165) is 6.26 Å². The number of carboxylic acids is 1. The van der Waals surface area contributed by atoms with Gasteiger partial charge in [0.25, 0.3) is 0 Å². The quantitative estimate of drug-likeness (QED) is 0.936. The predicted molar refractivity (Wildman–Crippen MR) is 74.5 cm³/mol. The van der Waals surface area contributed by atoms with Crippen molar-refractivity contribution in [3.8, 4) is 11.1 Å². The molecule has 1 N–H and O–H groups in total. The zero-order chi connectivity index (χ0) is 14.9. The minimum Gasteiger partial charge on any atom is -0.477 e. The van der Waals surface area contributed by atoms with Gasteiger partial charge in [0, 0.05) is 18.0 Å². The average Bonchev–Trinajstić information content (AvgIpc) is 2.37. The van der Waals surface area contributed by atoms with Gasteiger partial charge in [-0.3, -0.25) is 0 Å². The van der Waals surface area contributed by atoms with Crippen molar-refractivity contribution in [3.05, 3.63) is 47.8 Å². The maximum absolute atomic E-state index is 11.5. The number of aromatic nitrogens is 1. The Morgan fingerprint density at radius 3 is 2.45 bits per heavy atom. The van der Waals surface area contributed by atoms with Gasteiger partial charge in [-0.05, 0) is 36.2 Å². The van der Waals surface area contributed by atoms with Gasteiger partial charge in [0.05, 0.1) is 4.90 Å². The number of nitrogens with zero attached hydrogens (tertiary/aromatic N) is 1. The molecule has 6 heteroatoms. The fourth-order valence-electron chi connectivity index (χ4n) is 1.86. The first-order valence-electron chi connectivity index (χ1n) is 5.79. The van der Waals surface area contributed by atoms with Crippen molar-refractivity contribution in [3.63, 3.8) is 0 Å². The Morgan fingerprint density at radius 2 is 1.90 bits per heavy atom. The molecule has 0 spiro atoms. The van der Waals surface area contributed by atoms with Gasteiger partial charge in [0.2, 0.25) is 0 Å². The lowest BCUT2D eigenvalue weighted by Crippen LogP contribution is -2.03. The summed E-state index contributed by atoms with van der Waals surface area (Å²) in [6, 6.07) is 8.15. The molecule has 0 bridgehead atoms. The van der Waals surface area contributed by atoms with Crippen molar-refractivity contribution >= 4 is 15.8 Å². The van der Waals surface area contributed by atoms with E-state index in [0.29, 0.717) is 16.7 Å². The molecule has 0 saturated carbocycles. The summed E-state index contributed by atoms with van der Waals surface area (Å²) in [5.74, 6) is -1.08. The summed E-state index contributed by atoms with van der Waals surface area (Å²) >= 11 is 0. The van der Waals surface area contributed by atoms with Crippen LogP contribution in [0.4, 0.5) is 0 Å². The summed E-state index contributed by atoms with van der Waals surface area (Å²) in [7, 11) is -3.28. The van der Waals surface area contributed by atoms with Gasteiger partial charge >= 0.3 is 5.97 Å². The van der Waals surface area contributed by atoms with Crippen LogP contribution in [0, 0.1) is 6.92 Å². The third-order valence-electron chi connectivity index (χ3n) is 2.88. The highest BCUT2D eigenvalue weighted by Crippen LogP contribution is 2.23. The van der Waals surface area contributed by atoms with E-state index < -0.39 is 15.8 Å². The largest absolute Gasteiger partial charge is 0.477 e. The molecule has 1 heterocycles. The fraction of sp³-hybridized carbons (Fsp3) is 0.143. The standard InChI is InChI=1S/C14H13NO4S/c1-9-6-11(8-15-13(9)14(16)17)10-4-3-5-12(7-10)20(2,18)19/h3-8H,1-2H3,(H,16,17). The molecule has 2 rings (SSSR count). The van der Waals surface area contributed by atoms with Crippen molar-refractivity contribution in [2.75, 3.05) is 6.26 Å². The smallest absolute Gasteiger partial charge is 0.354 e. The zero-order valence-corrected chi connectivity index (χ0v) is 11.8. The molecule has 0 aliphatic carbocycles. The number of hydrogen-bond donors (Lipinski definition) is 1. The normalized spacial score (nSPS) is 11.3. The Balaban J connectivity index is 2.53. The van der Waals surface area contributed by atoms with Gasteiger partial charge in [-0.1, -0.05) is 12.1 Å². The van der Waals surface area contributed by atoms with Crippen LogP contribution in [0.15, 0.2) is 41.4 Å². The van der Waals surface area contributed by atoms with E-state index in [1.165, 1.54) is 12.3 Å². The highest BCUT2D eigenvalue weighted by Gasteiger charge is 2.12. The first kappa shape index (κ1) is 14.2. The van der Waals surface area contributed by atoms with Crippen LogP contribution >= 0.6 is 0 Å². The van der Waals surface area contributed by atoms with E-state index in [2.05, 4.69) is 4.98 Å². The number of aromatic carboxylic acids is 1. The first-order valence-corrected chi connectivity index (χ1v) is 7.68. The highest BCUT2D eigenvalue weighted by atomic mass is 32.2. The molecule has 20 heavy (non-hydrogen) atoms. The molecular formula is C14H13NO4S. The number of sulfone groups is 1. The van der Waals surface area contributed by atoms with E-state index in [-0.39, 0.29) is 10.6 Å². The van der Waals surface area contributed by atoms with Crippen LogP contribution in [0.3, 0.4) is 0 Å². The second-order valence-electron chi connectivity index (χ2n) is 4.49. The third-order valence-corrected chi connectivity index (χ3v) is 3.99. The Hall–Kier alpha value is -2.21. The second-order valence-corrected chi connectivity index (χ2v) is 6.51. The molecule has 0 fully saturated rings. The van der Waals surface area contributed by atoms with E-state index in [1.54, 1.807) is 31.2 Å². The summed E-state index contributed by atoms with van der Waals surface area (Å²) < 4.78 is 23.1. The van der Waals surface area contributed by atoms with Gasteiger partial charge in [-0.2, -0.15) is 0 Å². The van der Waals surface area contributed by atoms with Crippen molar-refractivity contribution in [1.82, 2.24) is 4.98 Å². The first-order chi connectivity index (χ1) is 9.29. The van der Waals surface area contributed by atoms with Crippen molar-refractivity contribution in [2.45, 2.75) is 11.8 Å². The number of rotatable bonds is 3. The number of carbonyl (C=O) groups is 1. The molecule has 0 aliphatic heterocycles. The molecule has 104 valence electrons. The highest BCUT2D eigenvalue weighted by molar-refractivity contribution is 7.90. The lowest BCUT2D eigenvalue weighted by atomic mass is 10.0. The Bertz CT molecular complexity index is 782.